The molecule has 24 heavy (non-hydrogen) atoms. The van der Waals surface area contributed by atoms with Gasteiger partial charge >= 0.3 is 0 Å². The summed E-state index contributed by atoms with van der Waals surface area (Å²) in [7, 11) is 0. The maximum Gasteiger partial charge on any atom is 0.264 e. The third-order valence-corrected chi connectivity index (χ3v) is 5.70. The molecule has 0 aliphatic rings. The van der Waals surface area contributed by atoms with Gasteiger partial charge in [0, 0.05) is 0 Å². The molecule has 0 aliphatic carbocycles. The van der Waals surface area contributed by atoms with E-state index in [0.29, 0.717) is 14.6 Å². The normalized spacial score (nSPS) is 11.5. The molecule has 3 rings (SSSR count). The summed E-state index contributed by atoms with van der Waals surface area (Å²) in [6.07, 6.45) is -0.897. The van der Waals surface area contributed by atoms with Gasteiger partial charge in [0.15, 0.2) is 9.99 Å². The maximum absolute atomic E-state index is 13.0. The average molecular weight is 368 g/mol. The van der Waals surface area contributed by atoms with Crippen molar-refractivity contribution in [3.63, 3.8) is 0 Å². The lowest BCUT2D eigenvalue weighted by molar-refractivity contribution is 0.126. The molecular formula is C16H14F2N2O2S2. The molecule has 0 fully saturated rings. The van der Waals surface area contributed by atoms with E-state index in [-0.39, 0.29) is 17.0 Å². The van der Waals surface area contributed by atoms with E-state index in [4.69, 9.17) is 0 Å². The molecule has 0 saturated carbocycles. The van der Waals surface area contributed by atoms with Crippen LogP contribution in [0.2, 0.25) is 0 Å². The number of pyridine rings is 1. The van der Waals surface area contributed by atoms with Crippen LogP contribution in [-0.4, -0.2) is 27.3 Å². The number of thioether (sulfide) groups is 1. The fraction of sp³-hybridized carbons (Fsp3) is 0.250. The first-order valence-corrected chi connectivity index (χ1v) is 9.12. The van der Waals surface area contributed by atoms with E-state index in [1.165, 1.54) is 23.1 Å². The second-order valence-electron chi connectivity index (χ2n) is 5.18. The van der Waals surface area contributed by atoms with Crippen LogP contribution in [0.1, 0.15) is 5.56 Å². The lowest BCUT2D eigenvalue weighted by Gasteiger charge is -2.13. The largest absolute Gasteiger partial charge is 0.505 e. The Kier molecular flexibility index (Phi) is 4.60. The molecule has 0 spiro atoms. The molecule has 0 bridgehead atoms. The van der Waals surface area contributed by atoms with E-state index in [1.807, 2.05) is 6.07 Å². The highest BCUT2D eigenvalue weighted by Gasteiger charge is 2.23. The number of nitrogens with zero attached hydrogens (tertiary/aromatic N) is 2. The van der Waals surface area contributed by atoms with Crippen molar-refractivity contribution in [2.24, 2.45) is 0 Å². The van der Waals surface area contributed by atoms with Gasteiger partial charge in [-0.05, 0) is 24.3 Å². The van der Waals surface area contributed by atoms with E-state index in [1.54, 1.807) is 31.4 Å². The SMILES string of the molecule is CSc1nc2c(s1)c(O)c(-c1ccccc1C)c(=O)n2CC(F)F. The lowest BCUT2D eigenvalue weighted by Crippen LogP contribution is -2.25. The minimum atomic E-state index is -2.69. The number of halogens is 2. The summed E-state index contributed by atoms with van der Waals surface area (Å²) < 4.78 is 27.9. The van der Waals surface area contributed by atoms with Crippen LogP contribution >= 0.6 is 23.1 Å². The average Bonchev–Trinajstić information content (AvgIpc) is 2.98. The Bertz CT molecular complexity index is 967. The molecule has 0 amide bonds. The highest BCUT2D eigenvalue weighted by molar-refractivity contribution is 8.00. The fourth-order valence-electron chi connectivity index (χ4n) is 2.57. The minimum absolute atomic E-state index is 0.0394. The van der Waals surface area contributed by atoms with Crippen LogP contribution in [0.3, 0.4) is 0 Å². The number of benzene rings is 1. The van der Waals surface area contributed by atoms with Gasteiger partial charge in [0.25, 0.3) is 12.0 Å². The van der Waals surface area contributed by atoms with Crippen molar-refractivity contribution in [2.45, 2.75) is 24.2 Å². The number of aromatic hydroxyl groups is 1. The summed E-state index contributed by atoms with van der Waals surface area (Å²) in [5, 5.41) is 10.6. The zero-order valence-corrected chi connectivity index (χ0v) is 14.5. The van der Waals surface area contributed by atoms with Crippen LogP contribution in [0.4, 0.5) is 8.78 Å². The van der Waals surface area contributed by atoms with Gasteiger partial charge in [0.2, 0.25) is 0 Å². The minimum Gasteiger partial charge on any atom is -0.505 e. The summed E-state index contributed by atoms with van der Waals surface area (Å²) in [5.41, 5.74) is 0.793. The highest BCUT2D eigenvalue weighted by Crippen LogP contribution is 2.39. The Labute approximate surface area is 144 Å². The fourth-order valence-corrected chi connectivity index (χ4v) is 4.08. The molecule has 0 saturated heterocycles. The summed E-state index contributed by atoms with van der Waals surface area (Å²) in [6.45, 7) is 1.04. The van der Waals surface area contributed by atoms with Gasteiger partial charge in [0.05, 0.1) is 12.1 Å². The number of thiazole rings is 1. The van der Waals surface area contributed by atoms with E-state index in [0.717, 1.165) is 10.1 Å². The predicted molar refractivity (Wildman–Crippen MR) is 93.5 cm³/mol. The second kappa shape index (κ2) is 6.52. The summed E-state index contributed by atoms with van der Waals surface area (Å²) in [5.74, 6) is -0.201. The molecule has 0 radical (unpaired) electrons. The van der Waals surface area contributed by atoms with Crippen molar-refractivity contribution in [3.05, 3.63) is 40.2 Å². The van der Waals surface area contributed by atoms with Crippen molar-refractivity contribution in [3.8, 4) is 16.9 Å². The van der Waals surface area contributed by atoms with Crippen molar-refractivity contribution in [2.75, 3.05) is 6.26 Å². The number of rotatable bonds is 4. The Balaban J connectivity index is 2.42. The first-order chi connectivity index (χ1) is 11.4. The van der Waals surface area contributed by atoms with Crippen LogP contribution in [0.5, 0.6) is 5.75 Å². The monoisotopic (exact) mass is 368 g/mol. The summed E-state index contributed by atoms with van der Waals surface area (Å²) in [4.78, 5) is 17.0. The zero-order valence-electron chi connectivity index (χ0n) is 12.9. The van der Waals surface area contributed by atoms with Gasteiger partial charge in [0.1, 0.15) is 10.4 Å². The Hall–Kier alpha value is -1.93. The molecule has 4 nitrogen and oxygen atoms in total. The molecule has 2 heterocycles. The third kappa shape index (κ3) is 2.80. The predicted octanol–water partition coefficient (Wildman–Crippen LogP) is 4.13. The smallest absolute Gasteiger partial charge is 0.264 e. The van der Waals surface area contributed by atoms with Crippen molar-refractivity contribution in [1.29, 1.82) is 0 Å². The topological polar surface area (TPSA) is 55.1 Å². The Morgan fingerprint density at radius 3 is 2.71 bits per heavy atom. The molecule has 2 aromatic heterocycles. The van der Waals surface area contributed by atoms with Crippen LogP contribution in [0.15, 0.2) is 33.4 Å². The van der Waals surface area contributed by atoms with E-state index < -0.39 is 18.5 Å². The van der Waals surface area contributed by atoms with Gasteiger partial charge in [-0.15, -0.1) is 11.3 Å². The number of aryl methyl sites for hydroxylation is 1. The molecule has 8 heteroatoms. The first-order valence-electron chi connectivity index (χ1n) is 7.08. The molecule has 0 atom stereocenters. The second-order valence-corrected chi connectivity index (χ2v) is 7.23. The zero-order chi connectivity index (χ0) is 17.4. The first kappa shape index (κ1) is 16.9. The molecule has 0 aliphatic heterocycles. The molecule has 1 N–H and O–H groups in total. The number of hydrogen-bond donors (Lipinski definition) is 1. The van der Waals surface area contributed by atoms with Gasteiger partial charge in [-0.2, -0.15) is 0 Å². The van der Waals surface area contributed by atoms with Gasteiger partial charge in [-0.3, -0.25) is 9.36 Å². The van der Waals surface area contributed by atoms with Crippen LogP contribution < -0.4 is 5.56 Å². The number of alkyl halides is 2. The molecule has 126 valence electrons. The van der Waals surface area contributed by atoms with E-state index in [9.17, 15) is 18.7 Å². The molecular weight excluding hydrogens is 354 g/mol. The lowest BCUT2D eigenvalue weighted by atomic mass is 10.0. The van der Waals surface area contributed by atoms with E-state index in [2.05, 4.69) is 4.98 Å². The number of hydrogen-bond acceptors (Lipinski definition) is 5. The van der Waals surface area contributed by atoms with E-state index >= 15 is 0 Å². The quantitative estimate of drug-likeness (QED) is 0.704. The summed E-state index contributed by atoms with van der Waals surface area (Å²) in [6, 6.07) is 7.05. The number of fused-ring (bicyclic) bond motifs is 1. The van der Waals surface area contributed by atoms with Crippen LogP contribution in [0, 0.1) is 6.92 Å². The summed E-state index contributed by atoms with van der Waals surface area (Å²) >= 11 is 2.52. The van der Waals surface area contributed by atoms with Crippen LogP contribution in [0.25, 0.3) is 21.5 Å². The van der Waals surface area contributed by atoms with Gasteiger partial charge in [-0.25, -0.2) is 13.8 Å². The van der Waals surface area contributed by atoms with Gasteiger partial charge < -0.3 is 5.11 Å². The molecule has 3 aromatic rings. The Morgan fingerprint density at radius 2 is 2.08 bits per heavy atom. The molecule has 1 aromatic carbocycles. The van der Waals surface area contributed by atoms with Crippen molar-refractivity contribution in [1.82, 2.24) is 9.55 Å². The Morgan fingerprint density at radius 1 is 1.38 bits per heavy atom. The third-order valence-electron chi connectivity index (χ3n) is 3.67. The van der Waals surface area contributed by atoms with Crippen molar-refractivity contribution < 1.29 is 13.9 Å². The maximum atomic E-state index is 13.0. The van der Waals surface area contributed by atoms with Crippen molar-refractivity contribution >= 4 is 33.4 Å². The molecule has 0 unspecified atom stereocenters. The highest BCUT2D eigenvalue weighted by atomic mass is 32.2. The van der Waals surface area contributed by atoms with Crippen LogP contribution in [-0.2, 0) is 6.54 Å². The number of aromatic nitrogens is 2. The van der Waals surface area contributed by atoms with Gasteiger partial charge in [-0.1, -0.05) is 36.0 Å². The standard InChI is InChI=1S/C16H14F2N2O2S2/c1-8-5-3-4-6-9(8)11-12(21)13-14(19-16(23-2)24-13)20(15(11)22)7-10(17)18/h3-6,10,21H,7H2,1-2H3.